The lowest BCUT2D eigenvalue weighted by Crippen LogP contribution is -2.17. The van der Waals surface area contributed by atoms with E-state index in [4.69, 9.17) is 11.6 Å². The van der Waals surface area contributed by atoms with E-state index in [1.54, 1.807) is 0 Å². The first-order valence-corrected chi connectivity index (χ1v) is 7.57. The summed E-state index contributed by atoms with van der Waals surface area (Å²) in [4.78, 5) is 0. The smallest absolute Gasteiger partial charge is 0.0409 e. The van der Waals surface area contributed by atoms with Gasteiger partial charge in [0.1, 0.15) is 0 Å². The Morgan fingerprint density at radius 3 is 2.52 bits per heavy atom. The van der Waals surface area contributed by atoms with Gasteiger partial charge in [-0.15, -0.1) is 0 Å². The van der Waals surface area contributed by atoms with Gasteiger partial charge < -0.3 is 5.32 Å². The molecule has 0 saturated carbocycles. The van der Waals surface area contributed by atoms with E-state index in [0.717, 1.165) is 11.6 Å². The van der Waals surface area contributed by atoms with E-state index in [0.29, 0.717) is 0 Å². The van der Waals surface area contributed by atoms with Gasteiger partial charge in [0.25, 0.3) is 0 Å². The number of nitrogens with one attached hydrogen (secondary N) is 1. The fourth-order valence-electron chi connectivity index (χ4n) is 2.51. The van der Waals surface area contributed by atoms with Crippen molar-refractivity contribution in [2.24, 2.45) is 0 Å². The van der Waals surface area contributed by atoms with Crippen LogP contribution in [0.15, 0.2) is 66.7 Å². The monoisotopic (exact) mass is 295 g/mol. The minimum absolute atomic E-state index is 0.273. The molecule has 0 aromatic heterocycles. The molecule has 0 heterocycles. The Kier molecular flexibility index (Phi) is 4.23. The minimum atomic E-state index is 0.273. The second-order valence-corrected chi connectivity index (χ2v) is 5.78. The number of hydrogen-bond acceptors (Lipinski definition) is 1. The molecule has 0 fully saturated rings. The van der Waals surface area contributed by atoms with Crippen LogP contribution in [0.2, 0.25) is 5.02 Å². The van der Waals surface area contributed by atoms with E-state index in [1.165, 1.54) is 21.9 Å². The van der Waals surface area contributed by atoms with Crippen molar-refractivity contribution in [3.8, 4) is 0 Å². The molecule has 1 unspecified atom stereocenters. The number of halogens is 1. The molecule has 0 bridgehead atoms. The van der Waals surface area contributed by atoms with Gasteiger partial charge in [-0.1, -0.05) is 60.1 Å². The predicted molar refractivity (Wildman–Crippen MR) is 90.7 cm³/mol. The van der Waals surface area contributed by atoms with Gasteiger partial charge in [-0.05, 0) is 47.0 Å². The van der Waals surface area contributed by atoms with E-state index >= 15 is 0 Å². The van der Waals surface area contributed by atoms with E-state index in [9.17, 15) is 0 Å². The molecule has 0 spiro atoms. The maximum absolute atomic E-state index is 6.04. The normalized spacial score (nSPS) is 12.5. The highest BCUT2D eigenvalue weighted by Crippen LogP contribution is 2.19. The van der Waals surface area contributed by atoms with Crippen molar-refractivity contribution in [1.82, 2.24) is 5.32 Å². The largest absolute Gasteiger partial charge is 0.306 e. The standard InChI is InChI=1S/C19H18ClN/c1-14(17-7-4-8-19(20)12-17)21-13-15-9-10-16-5-2-3-6-18(16)11-15/h2-12,14,21H,13H2,1H3. The highest BCUT2D eigenvalue weighted by atomic mass is 35.5. The molecular weight excluding hydrogens is 278 g/mol. The third-order valence-electron chi connectivity index (χ3n) is 3.77. The van der Waals surface area contributed by atoms with Crippen molar-refractivity contribution in [2.75, 3.05) is 0 Å². The Hall–Kier alpha value is -1.83. The quantitative estimate of drug-likeness (QED) is 0.684. The first-order valence-electron chi connectivity index (χ1n) is 7.19. The summed E-state index contributed by atoms with van der Waals surface area (Å²) >= 11 is 6.04. The van der Waals surface area contributed by atoms with Gasteiger partial charge in [-0.2, -0.15) is 0 Å². The maximum atomic E-state index is 6.04. The number of rotatable bonds is 4. The van der Waals surface area contributed by atoms with Gasteiger partial charge >= 0.3 is 0 Å². The fourth-order valence-corrected chi connectivity index (χ4v) is 2.71. The zero-order valence-electron chi connectivity index (χ0n) is 12.0. The van der Waals surface area contributed by atoms with E-state index in [-0.39, 0.29) is 6.04 Å². The maximum Gasteiger partial charge on any atom is 0.0409 e. The van der Waals surface area contributed by atoms with Crippen molar-refractivity contribution in [2.45, 2.75) is 19.5 Å². The Balaban J connectivity index is 1.71. The molecule has 1 atom stereocenters. The van der Waals surface area contributed by atoms with Crippen LogP contribution in [0.3, 0.4) is 0 Å². The van der Waals surface area contributed by atoms with Crippen LogP contribution < -0.4 is 5.32 Å². The van der Waals surface area contributed by atoms with Crippen molar-refractivity contribution >= 4 is 22.4 Å². The van der Waals surface area contributed by atoms with Crippen LogP contribution >= 0.6 is 11.6 Å². The molecule has 3 aromatic carbocycles. The number of hydrogen-bond donors (Lipinski definition) is 1. The van der Waals surface area contributed by atoms with Crippen LogP contribution in [0, 0.1) is 0 Å². The lowest BCUT2D eigenvalue weighted by molar-refractivity contribution is 0.575. The molecule has 0 radical (unpaired) electrons. The summed E-state index contributed by atoms with van der Waals surface area (Å²) in [5, 5.41) is 6.90. The van der Waals surface area contributed by atoms with Crippen LogP contribution in [-0.2, 0) is 6.54 Å². The van der Waals surface area contributed by atoms with Crippen LogP contribution in [-0.4, -0.2) is 0 Å². The summed E-state index contributed by atoms with van der Waals surface area (Å²) in [6.07, 6.45) is 0. The lowest BCUT2D eigenvalue weighted by Gasteiger charge is -2.15. The average molecular weight is 296 g/mol. The molecule has 0 saturated heterocycles. The molecular formula is C19H18ClN. The Bertz CT molecular complexity index is 751. The van der Waals surface area contributed by atoms with E-state index < -0.39 is 0 Å². The molecule has 3 rings (SSSR count). The van der Waals surface area contributed by atoms with Gasteiger partial charge in [0, 0.05) is 17.6 Å². The summed E-state index contributed by atoms with van der Waals surface area (Å²) in [5.41, 5.74) is 2.51. The molecule has 0 amide bonds. The molecule has 106 valence electrons. The summed E-state index contributed by atoms with van der Waals surface area (Å²) in [7, 11) is 0. The second kappa shape index (κ2) is 6.30. The molecule has 2 heteroatoms. The molecule has 1 N–H and O–H groups in total. The Morgan fingerprint density at radius 1 is 0.905 bits per heavy atom. The summed E-state index contributed by atoms with van der Waals surface area (Å²) in [6, 6.07) is 23.3. The Labute approximate surface area is 130 Å². The highest BCUT2D eigenvalue weighted by Gasteiger charge is 2.05. The van der Waals surface area contributed by atoms with Gasteiger partial charge in [-0.3, -0.25) is 0 Å². The summed E-state index contributed by atoms with van der Waals surface area (Å²) < 4.78 is 0. The van der Waals surface area contributed by atoms with Gasteiger partial charge in [0.15, 0.2) is 0 Å². The van der Waals surface area contributed by atoms with Crippen LogP contribution in [0.5, 0.6) is 0 Å². The molecule has 21 heavy (non-hydrogen) atoms. The third kappa shape index (κ3) is 3.44. The predicted octanol–water partition coefficient (Wildman–Crippen LogP) is 5.34. The SMILES string of the molecule is CC(NCc1ccc2ccccc2c1)c1cccc(Cl)c1. The highest BCUT2D eigenvalue weighted by molar-refractivity contribution is 6.30. The molecule has 1 nitrogen and oxygen atoms in total. The molecule has 0 aliphatic carbocycles. The first-order chi connectivity index (χ1) is 10.2. The zero-order valence-corrected chi connectivity index (χ0v) is 12.8. The van der Waals surface area contributed by atoms with E-state index in [1.807, 2.05) is 18.2 Å². The van der Waals surface area contributed by atoms with E-state index in [2.05, 4.69) is 60.8 Å². The third-order valence-corrected chi connectivity index (χ3v) is 4.01. The lowest BCUT2D eigenvalue weighted by atomic mass is 10.1. The summed E-state index contributed by atoms with van der Waals surface area (Å²) in [6.45, 7) is 3.01. The topological polar surface area (TPSA) is 12.0 Å². The zero-order chi connectivity index (χ0) is 14.7. The van der Waals surface area contributed by atoms with Crippen molar-refractivity contribution < 1.29 is 0 Å². The van der Waals surface area contributed by atoms with Crippen LogP contribution in [0.25, 0.3) is 10.8 Å². The number of fused-ring (bicyclic) bond motifs is 1. The van der Waals surface area contributed by atoms with Gasteiger partial charge in [0.05, 0.1) is 0 Å². The van der Waals surface area contributed by atoms with Gasteiger partial charge in [-0.25, -0.2) is 0 Å². The molecule has 0 aliphatic rings. The molecule has 0 aliphatic heterocycles. The number of benzene rings is 3. The average Bonchev–Trinajstić information content (AvgIpc) is 2.52. The van der Waals surface area contributed by atoms with Crippen LogP contribution in [0.4, 0.5) is 0 Å². The molecule has 3 aromatic rings. The van der Waals surface area contributed by atoms with Crippen molar-refractivity contribution in [3.63, 3.8) is 0 Å². The Morgan fingerprint density at radius 2 is 1.71 bits per heavy atom. The summed E-state index contributed by atoms with van der Waals surface area (Å²) in [5.74, 6) is 0. The van der Waals surface area contributed by atoms with Crippen LogP contribution in [0.1, 0.15) is 24.1 Å². The minimum Gasteiger partial charge on any atom is -0.306 e. The van der Waals surface area contributed by atoms with Gasteiger partial charge in [0.2, 0.25) is 0 Å². The second-order valence-electron chi connectivity index (χ2n) is 5.34. The van der Waals surface area contributed by atoms with Crippen molar-refractivity contribution in [3.05, 3.63) is 82.9 Å². The van der Waals surface area contributed by atoms with Crippen molar-refractivity contribution in [1.29, 1.82) is 0 Å². The fraction of sp³-hybridized carbons (Fsp3) is 0.158. The first kappa shape index (κ1) is 14.1.